The summed E-state index contributed by atoms with van der Waals surface area (Å²) < 4.78 is 0. The molecule has 0 aliphatic rings. The highest BCUT2D eigenvalue weighted by Gasteiger charge is 2.10. The third kappa shape index (κ3) is 3.62. The van der Waals surface area contributed by atoms with Gasteiger partial charge in [0.15, 0.2) is 0 Å². The summed E-state index contributed by atoms with van der Waals surface area (Å²) in [5, 5.41) is 1.40. The SMILES string of the molecule is CC(C)C(C)SCc1c(N)cccc1Cl. The Hall–Kier alpha value is -0.340. The normalized spacial score (nSPS) is 13.1. The number of hydrogen-bond donors (Lipinski definition) is 1. The van der Waals surface area contributed by atoms with Gasteiger partial charge in [-0.2, -0.15) is 11.8 Å². The molecule has 2 N–H and O–H groups in total. The summed E-state index contributed by atoms with van der Waals surface area (Å²) >= 11 is 8.00. The van der Waals surface area contributed by atoms with E-state index in [0.29, 0.717) is 11.2 Å². The maximum absolute atomic E-state index is 6.10. The predicted octanol–water partition coefficient (Wildman–Crippen LogP) is 4.20. The van der Waals surface area contributed by atoms with E-state index in [4.69, 9.17) is 17.3 Å². The lowest BCUT2D eigenvalue weighted by atomic mass is 10.2. The van der Waals surface area contributed by atoms with Gasteiger partial charge in [0, 0.05) is 27.3 Å². The molecule has 0 saturated heterocycles. The number of benzene rings is 1. The molecule has 0 aromatic heterocycles. The molecule has 0 bridgehead atoms. The van der Waals surface area contributed by atoms with E-state index in [-0.39, 0.29) is 0 Å². The first kappa shape index (κ1) is 12.7. The summed E-state index contributed by atoms with van der Waals surface area (Å²) in [7, 11) is 0. The van der Waals surface area contributed by atoms with Crippen molar-refractivity contribution in [3.05, 3.63) is 28.8 Å². The van der Waals surface area contributed by atoms with Crippen LogP contribution in [-0.4, -0.2) is 5.25 Å². The highest BCUT2D eigenvalue weighted by Crippen LogP contribution is 2.30. The topological polar surface area (TPSA) is 26.0 Å². The van der Waals surface area contributed by atoms with Gasteiger partial charge in [0.25, 0.3) is 0 Å². The lowest BCUT2D eigenvalue weighted by molar-refractivity contribution is 0.642. The van der Waals surface area contributed by atoms with Crippen molar-refractivity contribution in [3.8, 4) is 0 Å². The zero-order valence-electron chi connectivity index (χ0n) is 9.46. The molecule has 0 radical (unpaired) electrons. The van der Waals surface area contributed by atoms with Crippen molar-refractivity contribution in [3.63, 3.8) is 0 Å². The predicted molar refractivity (Wildman–Crippen MR) is 71.5 cm³/mol. The summed E-state index contributed by atoms with van der Waals surface area (Å²) in [5.41, 5.74) is 7.75. The lowest BCUT2D eigenvalue weighted by Crippen LogP contribution is -2.06. The highest BCUT2D eigenvalue weighted by molar-refractivity contribution is 7.99. The molecule has 0 aliphatic heterocycles. The van der Waals surface area contributed by atoms with Crippen LogP contribution in [0.25, 0.3) is 0 Å². The zero-order valence-corrected chi connectivity index (χ0v) is 11.0. The van der Waals surface area contributed by atoms with Gasteiger partial charge in [-0.25, -0.2) is 0 Å². The van der Waals surface area contributed by atoms with Gasteiger partial charge in [-0.3, -0.25) is 0 Å². The molecule has 1 atom stereocenters. The van der Waals surface area contributed by atoms with Crippen LogP contribution < -0.4 is 5.73 Å². The third-order valence-corrected chi connectivity index (χ3v) is 4.46. The number of nitrogens with two attached hydrogens (primary N) is 1. The van der Waals surface area contributed by atoms with E-state index in [1.807, 2.05) is 30.0 Å². The van der Waals surface area contributed by atoms with Crippen LogP contribution in [0.1, 0.15) is 26.3 Å². The average molecular weight is 244 g/mol. The van der Waals surface area contributed by atoms with Crippen molar-refractivity contribution in [2.24, 2.45) is 5.92 Å². The number of rotatable bonds is 4. The molecule has 0 aliphatic carbocycles. The molecule has 3 heteroatoms. The smallest absolute Gasteiger partial charge is 0.0466 e. The summed E-state index contributed by atoms with van der Waals surface area (Å²) in [4.78, 5) is 0. The molecule has 15 heavy (non-hydrogen) atoms. The van der Waals surface area contributed by atoms with Crippen molar-refractivity contribution in [1.29, 1.82) is 0 Å². The Bertz CT molecular complexity index is 305. The van der Waals surface area contributed by atoms with E-state index in [1.165, 1.54) is 0 Å². The van der Waals surface area contributed by atoms with Crippen LogP contribution in [0.15, 0.2) is 18.2 Å². The van der Waals surface area contributed by atoms with Crippen molar-refractivity contribution in [2.45, 2.75) is 31.8 Å². The molecule has 84 valence electrons. The molecule has 1 nitrogen and oxygen atoms in total. The van der Waals surface area contributed by atoms with Crippen LogP contribution in [0.2, 0.25) is 5.02 Å². The number of thioether (sulfide) groups is 1. The van der Waals surface area contributed by atoms with Gasteiger partial charge in [-0.1, -0.05) is 38.4 Å². The quantitative estimate of drug-likeness (QED) is 0.803. The average Bonchev–Trinajstić information content (AvgIpc) is 2.16. The van der Waals surface area contributed by atoms with Gasteiger partial charge in [0.1, 0.15) is 0 Å². The Morgan fingerprint density at radius 1 is 1.33 bits per heavy atom. The second-order valence-electron chi connectivity index (χ2n) is 4.07. The van der Waals surface area contributed by atoms with Gasteiger partial charge in [0.2, 0.25) is 0 Å². The fraction of sp³-hybridized carbons (Fsp3) is 0.500. The molecular formula is C12H18ClNS. The van der Waals surface area contributed by atoms with Crippen LogP contribution in [0.5, 0.6) is 0 Å². The van der Waals surface area contributed by atoms with E-state index in [9.17, 15) is 0 Å². The second kappa shape index (κ2) is 5.66. The molecule has 0 heterocycles. The Kier molecular flexibility index (Phi) is 4.81. The Morgan fingerprint density at radius 3 is 2.53 bits per heavy atom. The van der Waals surface area contributed by atoms with Gasteiger partial charge in [0.05, 0.1) is 0 Å². The first-order valence-electron chi connectivity index (χ1n) is 5.16. The molecule has 1 aromatic rings. The largest absolute Gasteiger partial charge is 0.398 e. The fourth-order valence-corrected chi connectivity index (χ4v) is 2.60. The monoisotopic (exact) mass is 243 g/mol. The fourth-order valence-electron chi connectivity index (χ4n) is 1.13. The second-order valence-corrected chi connectivity index (χ2v) is 5.84. The standard InChI is InChI=1S/C12H18ClNS/c1-8(2)9(3)15-7-10-11(13)5-4-6-12(10)14/h4-6,8-9H,7,14H2,1-3H3. The molecule has 1 unspecified atom stereocenters. The number of nitrogen functional groups attached to an aromatic ring is 1. The van der Waals surface area contributed by atoms with E-state index in [2.05, 4.69) is 20.8 Å². The van der Waals surface area contributed by atoms with Crippen LogP contribution in [-0.2, 0) is 5.75 Å². The van der Waals surface area contributed by atoms with E-state index in [1.54, 1.807) is 0 Å². The Labute approximate surface area is 101 Å². The molecule has 0 amide bonds. The lowest BCUT2D eigenvalue weighted by Gasteiger charge is -2.16. The Balaban J connectivity index is 2.65. The zero-order chi connectivity index (χ0) is 11.4. The Morgan fingerprint density at radius 2 is 2.00 bits per heavy atom. The summed E-state index contributed by atoms with van der Waals surface area (Å²) in [6.07, 6.45) is 0. The van der Waals surface area contributed by atoms with Crippen molar-refractivity contribution in [2.75, 3.05) is 5.73 Å². The van der Waals surface area contributed by atoms with Crippen LogP contribution in [0, 0.1) is 5.92 Å². The summed E-state index contributed by atoms with van der Waals surface area (Å²) in [6, 6.07) is 5.69. The summed E-state index contributed by atoms with van der Waals surface area (Å²) in [6.45, 7) is 6.70. The van der Waals surface area contributed by atoms with Crippen LogP contribution >= 0.6 is 23.4 Å². The van der Waals surface area contributed by atoms with Crippen LogP contribution in [0.4, 0.5) is 5.69 Å². The first-order valence-corrected chi connectivity index (χ1v) is 6.59. The summed E-state index contributed by atoms with van der Waals surface area (Å²) in [5.74, 6) is 1.57. The van der Waals surface area contributed by atoms with Gasteiger partial charge >= 0.3 is 0 Å². The van der Waals surface area contributed by atoms with Crippen molar-refractivity contribution < 1.29 is 0 Å². The minimum absolute atomic E-state index is 0.626. The van der Waals surface area contributed by atoms with E-state index >= 15 is 0 Å². The molecule has 0 saturated carbocycles. The van der Waals surface area contributed by atoms with Gasteiger partial charge < -0.3 is 5.73 Å². The number of anilines is 1. The maximum atomic E-state index is 6.10. The molecule has 0 fully saturated rings. The molecule has 1 aromatic carbocycles. The first-order chi connectivity index (χ1) is 7.02. The maximum Gasteiger partial charge on any atom is 0.0466 e. The third-order valence-electron chi connectivity index (χ3n) is 2.58. The minimum atomic E-state index is 0.626. The molecule has 1 rings (SSSR count). The van der Waals surface area contributed by atoms with E-state index < -0.39 is 0 Å². The molecular weight excluding hydrogens is 226 g/mol. The molecule has 0 spiro atoms. The minimum Gasteiger partial charge on any atom is -0.398 e. The number of halogens is 1. The van der Waals surface area contributed by atoms with Crippen molar-refractivity contribution in [1.82, 2.24) is 0 Å². The number of hydrogen-bond acceptors (Lipinski definition) is 2. The highest BCUT2D eigenvalue weighted by atomic mass is 35.5. The van der Waals surface area contributed by atoms with Gasteiger partial charge in [-0.15, -0.1) is 0 Å². The van der Waals surface area contributed by atoms with Crippen LogP contribution in [0.3, 0.4) is 0 Å². The van der Waals surface area contributed by atoms with E-state index in [0.717, 1.165) is 22.0 Å². The van der Waals surface area contributed by atoms with Gasteiger partial charge in [-0.05, 0) is 18.1 Å². The van der Waals surface area contributed by atoms with Crippen molar-refractivity contribution >= 4 is 29.1 Å².